The van der Waals surface area contributed by atoms with Gasteiger partial charge in [0.1, 0.15) is 0 Å². The number of rotatable bonds is 4. The molecule has 1 aromatic carbocycles. The predicted octanol–water partition coefficient (Wildman–Crippen LogP) is 3.16. The molecule has 2 N–H and O–H groups in total. The van der Waals surface area contributed by atoms with Crippen molar-refractivity contribution < 1.29 is 4.52 Å². The minimum Gasteiger partial charge on any atom is -0.339 e. The van der Waals surface area contributed by atoms with Gasteiger partial charge in [-0.2, -0.15) is 4.98 Å². The Morgan fingerprint density at radius 1 is 1.10 bits per heavy atom. The number of hydrogen-bond acceptors (Lipinski definition) is 4. The molecule has 0 amide bonds. The Hall–Kier alpha value is -1.68. The molecule has 112 valence electrons. The summed E-state index contributed by atoms with van der Waals surface area (Å²) in [4.78, 5) is 4.70. The van der Waals surface area contributed by atoms with Gasteiger partial charge in [0.25, 0.3) is 0 Å². The van der Waals surface area contributed by atoms with E-state index in [1.54, 1.807) is 0 Å². The Morgan fingerprint density at radius 2 is 1.71 bits per heavy atom. The minimum atomic E-state index is -0.430. The zero-order valence-electron chi connectivity index (χ0n) is 13.2. The highest BCUT2D eigenvalue weighted by atomic mass is 16.5. The van der Waals surface area contributed by atoms with E-state index in [2.05, 4.69) is 29.4 Å². The van der Waals surface area contributed by atoms with Crippen molar-refractivity contribution in [2.75, 3.05) is 0 Å². The van der Waals surface area contributed by atoms with E-state index in [1.807, 2.05) is 33.8 Å². The fourth-order valence-electron chi connectivity index (χ4n) is 2.47. The molecule has 0 radical (unpaired) electrons. The van der Waals surface area contributed by atoms with Crippen molar-refractivity contribution in [3.63, 3.8) is 0 Å². The summed E-state index contributed by atoms with van der Waals surface area (Å²) in [5, 5.41) is 4.26. The first-order valence-corrected chi connectivity index (χ1v) is 7.46. The third-order valence-electron chi connectivity index (χ3n) is 5.08. The van der Waals surface area contributed by atoms with Crippen LogP contribution in [-0.4, -0.2) is 15.7 Å². The highest BCUT2D eigenvalue weighted by Gasteiger charge is 2.51. The summed E-state index contributed by atoms with van der Waals surface area (Å²) in [5.74, 6) is 1.41. The van der Waals surface area contributed by atoms with Gasteiger partial charge in [-0.25, -0.2) is 0 Å². The van der Waals surface area contributed by atoms with Crippen LogP contribution in [0.25, 0.3) is 0 Å². The summed E-state index contributed by atoms with van der Waals surface area (Å²) in [6, 6.07) is 10.4. The first-order chi connectivity index (χ1) is 9.77. The SMILES string of the molecule is CC(C)(N)C(C)(C)c1nc(C2(c3ccccc3)CC2)no1. The van der Waals surface area contributed by atoms with Gasteiger partial charge in [0, 0.05) is 5.54 Å². The van der Waals surface area contributed by atoms with Crippen LogP contribution < -0.4 is 5.73 Å². The third kappa shape index (κ3) is 2.18. The molecular weight excluding hydrogens is 262 g/mol. The second kappa shape index (κ2) is 4.41. The van der Waals surface area contributed by atoms with Crippen LogP contribution in [0, 0.1) is 0 Å². The largest absolute Gasteiger partial charge is 0.339 e. The van der Waals surface area contributed by atoms with Gasteiger partial charge in [-0.05, 0) is 46.1 Å². The van der Waals surface area contributed by atoms with Gasteiger partial charge in [0.15, 0.2) is 5.82 Å². The van der Waals surface area contributed by atoms with Crippen molar-refractivity contribution in [1.82, 2.24) is 10.1 Å². The Kier molecular flexibility index (Phi) is 2.99. The lowest BCUT2D eigenvalue weighted by molar-refractivity contribution is 0.222. The zero-order valence-corrected chi connectivity index (χ0v) is 13.2. The summed E-state index contributed by atoms with van der Waals surface area (Å²) >= 11 is 0. The van der Waals surface area contributed by atoms with Crippen molar-refractivity contribution in [3.05, 3.63) is 47.6 Å². The molecular formula is C17H23N3O. The van der Waals surface area contributed by atoms with E-state index in [1.165, 1.54) is 5.56 Å². The van der Waals surface area contributed by atoms with Gasteiger partial charge in [0.05, 0.1) is 10.8 Å². The van der Waals surface area contributed by atoms with Gasteiger partial charge in [-0.15, -0.1) is 0 Å². The van der Waals surface area contributed by atoms with E-state index in [-0.39, 0.29) is 10.8 Å². The zero-order chi connectivity index (χ0) is 15.3. The summed E-state index contributed by atoms with van der Waals surface area (Å²) in [5.41, 5.74) is 6.67. The van der Waals surface area contributed by atoms with E-state index in [9.17, 15) is 0 Å². The van der Waals surface area contributed by atoms with Gasteiger partial charge in [-0.1, -0.05) is 35.5 Å². The molecule has 4 heteroatoms. The van der Waals surface area contributed by atoms with E-state index in [4.69, 9.17) is 15.2 Å². The average Bonchev–Trinajstić information content (AvgIpc) is 3.08. The lowest BCUT2D eigenvalue weighted by atomic mass is 9.75. The van der Waals surface area contributed by atoms with Crippen molar-refractivity contribution >= 4 is 0 Å². The van der Waals surface area contributed by atoms with Crippen LogP contribution in [0.5, 0.6) is 0 Å². The average molecular weight is 285 g/mol. The molecule has 1 aliphatic carbocycles. The molecule has 2 aromatic rings. The first-order valence-electron chi connectivity index (χ1n) is 7.46. The molecule has 1 saturated carbocycles. The lowest BCUT2D eigenvalue weighted by Gasteiger charge is -2.34. The van der Waals surface area contributed by atoms with Crippen LogP contribution in [0.3, 0.4) is 0 Å². The van der Waals surface area contributed by atoms with Crippen LogP contribution in [0.1, 0.15) is 57.8 Å². The van der Waals surface area contributed by atoms with Gasteiger partial charge >= 0.3 is 0 Å². The number of hydrogen-bond donors (Lipinski definition) is 1. The first kappa shape index (κ1) is 14.3. The molecule has 0 bridgehead atoms. The molecule has 0 unspecified atom stereocenters. The Labute approximate surface area is 125 Å². The second-order valence-corrected chi connectivity index (χ2v) is 7.22. The number of nitrogens with two attached hydrogens (primary N) is 1. The van der Waals surface area contributed by atoms with Crippen molar-refractivity contribution in [2.24, 2.45) is 5.73 Å². The second-order valence-electron chi connectivity index (χ2n) is 7.22. The maximum absolute atomic E-state index is 6.26. The standard InChI is InChI=1S/C17H23N3O/c1-15(2,16(3,4)18)14-19-13(20-21-14)17(10-11-17)12-8-6-5-7-9-12/h5-9H,10-11,18H2,1-4H3. The van der Waals surface area contributed by atoms with Gasteiger partial charge in [0.2, 0.25) is 5.89 Å². The maximum Gasteiger partial charge on any atom is 0.234 e. The van der Waals surface area contributed by atoms with Crippen molar-refractivity contribution in [3.8, 4) is 0 Å². The summed E-state index contributed by atoms with van der Waals surface area (Å²) in [6.07, 6.45) is 2.14. The van der Waals surface area contributed by atoms with Crippen molar-refractivity contribution in [2.45, 2.75) is 56.9 Å². The summed E-state index contributed by atoms with van der Waals surface area (Å²) in [7, 11) is 0. The number of benzene rings is 1. The minimum absolute atomic E-state index is 0.0577. The molecule has 1 aliphatic rings. The van der Waals surface area contributed by atoms with Crippen molar-refractivity contribution in [1.29, 1.82) is 0 Å². The van der Waals surface area contributed by atoms with Gasteiger partial charge < -0.3 is 10.3 Å². The normalized spacial score (nSPS) is 17.8. The highest BCUT2D eigenvalue weighted by Crippen LogP contribution is 2.52. The molecule has 4 nitrogen and oxygen atoms in total. The molecule has 0 spiro atoms. The fraction of sp³-hybridized carbons (Fsp3) is 0.529. The third-order valence-corrected chi connectivity index (χ3v) is 5.08. The molecule has 1 fully saturated rings. The summed E-state index contributed by atoms with van der Waals surface area (Å²) < 4.78 is 5.56. The lowest BCUT2D eigenvalue weighted by Crippen LogP contribution is -2.50. The Balaban J connectivity index is 1.97. The summed E-state index contributed by atoms with van der Waals surface area (Å²) in [6.45, 7) is 8.07. The highest BCUT2D eigenvalue weighted by molar-refractivity contribution is 5.39. The van der Waals surface area contributed by atoms with Gasteiger partial charge in [-0.3, -0.25) is 0 Å². The quantitative estimate of drug-likeness (QED) is 0.937. The van der Waals surface area contributed by atoms with E-state index >= 15 is 0 Å². The Morgan fingerprint density at radius 3 is 2.24 bits per heavy atom. The molecule has 1 aromatic heterocycles. The smallest absolute Gasteiger partial charge is 0.234 e. The molecule has 21 heavy (non-hydrogen) atoms. The van der Waals surface area contributed by atoms with Crippen LogP contribution in [0.2, 0.25) is 0 Å². The topological polar surface area (TPSA) is 64.9 Å². The van der Waals surface area contributed by atoms with E-state index < -0.39 is 5.54 Å². The predicted molar refractivity (Wildman–Crippen MR) is 82.0 cm³/mol. The van der Waals surface area contributed by atoms with Crippen LogP contribution >= 0.6 is 0 Å². The van der Waals surface area contributed by atoms with E-state index in [0.29, 0.717) is 5.89 Å². The van der Waals surface area contributed by atoms with Crippen LogP contribution in [0.4, 0.5) is 0 Å². The van der Waals surface area contributed by atoms with Crippen LogP contribution in [-0.2, 0) is 10.8 Å². The molecule has 0 saturated heterocycles. The number of aromatic nitrogens is 2. The number of nitrogens with zero attached hydrogens (tertiary/aromatic N) is 2. The molecule has 3 rings (SSSR count). The monoisotopic (exact) mass is 285 g/mol. The Bertz CT molecular complexity index is 634. The fourth-order valence-corrected chi connectivity index (χ4v) is 2.47. The molecule has 1 heterocycles. The maximum atomic E-state index is 6.26. The molecule has 0 aliphatic heterocycles. The van der Waals surface area contributed by atoms with Crippen LogP contribution in [0.15, 0.2) is 34.9 Å². The van der Waals surface area contributed by atoms with E-state index in [0.717, 1.165) is 18.7 Å². The molecule has 0 atom stereocenters.